The summed E-state index contributed by atoms with van der Waals surface area (Å²) in [5.41, 5.74) is 3.75. The first-order valence-electron chi connectivity index (χ1n) is 10.5. The highest BCUT2D eigenvalue weighted by molar-refractivity contribution is 6.37. The van der Waals surface area contributed by atoms with Gasteiger partial charge in [0, 0.05) is 28.7 Å². The zero-order valence-corrected chi connectivity index (χ0v) is 19.3. The van der Waals surface area contributed by atoms with Crippen LogP contribution in [0.15, 0.2) is 54.3 Å². The molecule has 0 aromatic heterocycles. The van der Waals surface area contributed by atoms with Crippen molar-refractivity contribution in [2.75, 3.05) is 13.3 Å². The van der Waals surface area contributed by atoms with Crippen LogP contribution in [0.1, 0.15) is 32.6 Å². The molecule has 3 aromatic rings. The van der Waals surface area contributed by atoms with Gasteiger partial charge in [-0.2, -0.15) is 0 Å². The molecule has 0 unspecified atom stereocenters. The molecule has 0 aliphatic carbocycles. The van der Waals surface area contributed by atoms with Crippen LogP contribution in [-0.2, 0) is 13.0 Å². The molecular weight excluding hydrogens is 464 g/mol. The Morgan fingerprint density at radius 3 is 2.58 bits per heavy atom. The van der Waals surface area contributed by atoms with Crippen LogP contribution in [0.4, 0.5) is 4.39 Å². The third kappa shape index (κ3) is 4.24. The highest BCUT2D eigenvalue weighted by Gasteiger charge is 2.35. The minimum absolute atomic E-state index is 0.180. The van der Waals surface area contributed by atoms with Gasteiger partial charge in [-0.3, -0.25) is 9.69 Å². The molecule has 2 heterocycles. The predicted octanol–water partition coefficient (Wildman–Crippen LogP) is 6.45. The second-order valence-electron chi connectivity index (χ2n) is 8.15. The number of hydrogen-bond acceptors (Lipinski definition) is 4. The van der Waals surface area contributed by atoms with Crippen LogP contribution >= 0.6 is 23.2 Å². The van der Waals surface area contributed by atoms with E-state index in [1.165, 1.54) is 12.1 Å². The van der Waals surface area contributed by atoms with Gasteiger partial charge in [-0.15, -0.1) is 0 Å². The molecular formula is C26H20Cl2FNO3. The van der Waals surface area contributed by atoms with Crippen LogP contribution in [0, 0.1) is 12.7 Å². The number of carbonyl (C=O) groups excluding carboxylic acids is 1. The summed E-state index contributed by atoms with van der Waals surface area (Å²) >= 11 is 12.6. The number of Topliss-reactive ketones (excluding diaryl/α,β-unsaturated/α-hetero) is 1. The number of carbonyl (C=O) groups is 1. The highest BCUT2D eigenvalue weighted by atomic mass is 35.5. The molecule has 0 fully saturated rings. The van der Waals surface area contributed by atoms with Gasteiger partial charge in [0.1, 0.15) is 24.0 Å². The van der Waals surface area contributed by atoms with Crippen molar-refractivity contribution >= 4 is 35.1 Å². The van der Waals surface area contributed by atoms with Gasteiger partial charge >= 0.3 is 0 Å². The van der Waals surface area contributed by atoms with Crippen LogP contribution < -0.4 is 9.47 Å². The second kappa shape index (κ2) is 8.82. The molecule has 168 valence electrons. The topological polar surface area (TPSA) is 38.8 Å². The molecule has 0 amide bonds. The predicted molar refractivity (Wildman–Crippen MR) is 127 cm³/mol. The van der Waals surface area contributed by atoms with E-state index in [9.17, 15) is 9.18 Å². The number of hydrogen-bond donors (Lipinski definition) is 0. The summed E-state index contributed by atoms with van der Waals surface area (Å²) in [6.07, 6.45) is 2.35. The maximum atomic E-state index is 13.2. The van der Waals surface area contributed by atoms with E-state index in [1.54, 1.807) is 36.4 Å². The molecule has 2 aliphatic rings. The summed E-state index contributed by atoms with van der Waals surface area (Å²) in [6, 6.07) is 13.6. The minimum atomic E-state index is -0.247. The number of benzene rings is 3. The summed E-state index contributed by atoms with van der Waals surface area (Å²) in [5.74, 6) is 0.971. The van der Waals surface area contributed by atoms with Crippen molar-refractivity contribution < 1.29 is 18.7 Å². The molecule has 3 aromatic carbocycles. The number of nitrogens with zero attached hydrogens (tertiary/aromatic N) is 1. The van der Waals surface area contributed by atoms with E-state index in [0.717, 1.165) is 29.7 Å². The van der Waals surface area contributed by atoms with E-state index < -0.39 is 0 Å². The lowest BCUT2D eigenvalue weighted by Gasteiger charge is -2.30. The molecule has 0 saturated carbocycles. The van der Waals surface area contributed by atoms with Gasteiger partial charge < -0.3 is 9.47 Å². The lowest BCUT2D eigenvalue weighted by Crippen LogP contribution is -2.33. The third-order valence-corrected chi connectivity index (χ3v) is 6.55. The lowest BCUT2D eigenvalue weighted by atomic mass is 9.98. The van der Waals surface area contributed by atoms with Gasteiger partial charge in [-0.05, 0) is 60.9 Å². The maximum absolute atomic E-state index is 13.2. The number of rotatable bonds is 4. The van der Waals surface area contributed by atoms with E-state index in [4.69, 9.17) is 32.7 Å². The Morgan fingerprint density at radius 2 is 1.85 bits per heavy atom. The molecule has 0 N–H and O–H groups in total. The van der Waals surface area contributed by atoms with Crippen molar-refractivity contribution in [1.29, 1.82) is 0 Å². The molecule has 33 heavy (non-hydrogen) atoms. The van der Waals surface area contributed by atoms with E-state index in [2.05, 4.69) is 4.90 Å². The van der Waals surface area contributed by atoms with Crippen molar-refractivity contribution in [3.8, 4) is 11.5 Å². The van der Waals surface area contributed by atoms with Crippen LogP contribution in [-0.4, -0.2) is 24.0 Å². The number of aryl methyl sites for hydroxylation is 1. The van der Waals surface area contributed by atoms with E-state index in [0.29, 0.717) is 45.9 Å². The smallest absolute Gasteiger partial charge is 0.232 e. The fourth-order valence-corrected chi connectivity index (χ4v) is 4.64. The Bertz CT molecular complexity index is 1270. The van der Waals surface area contributed by atoms with Crippen molar-refractivity contribution in [2.24, 2.45) is 0 Å². The summed E-state index contributed by atoms with van der Waals surface area (Å²) in [4.78, 5) is 15.3. The molecule has 0 radical (unpaired) electrons. The molecule has 5 rings (SSSR count). The average molecular weight is 484 g/mol. The standard InChI is InChI=1S/C26H20Cl2FNO3/c1-15-11-22-19(13-30(14-32-22)10-9-16-5-7-17(29)8-6-16)26-24(15)25(31)23(33-26)12-18-20(27)3-2-4-21(18)28/h2-8,11-12H,9-10,13-14H2,1H3/b23-12+. The van der Waals surface area contributed by atoms with Crippen molar-refractivity contribution in [3.05, 3.63) is 98.0 Å². The number of halogens is 3. The molecule has 2 aliphatic heterocycles. The minimum Gasteiger partial charge on any atom is -0.478 e. The molecule has 0 bridgehead atoms. The zero-order chi connectivity index (χ0) is 23.1. The van der Waals surface area contributed by atoms with Crippen molar-refractivity contribution in [2.45, 2.75) is 19.9 Å². The normalized spacial score (nSPS) is 16.4. The SMILES string of the molecule is Cc1cc2c(c3c1C(=O)/C(=C\c1c(Cl)cccc1Cl)O3)CN(CCc1ccc(F)cc1)CO2. The van der Waals surface area contributed by atoms with E-state index >= 15 is 0 Å². The van der Waals surface area contributed by atoms with Crippen LogP contribution in [0.25, 0.3) is 6.08 Å². The summed E-state index contributed by atoms with van der Waals surface area (Å²) < 4.78 is 25.2. The van der Waals surface area contributed by atoms with Crippen molar-refractivity contribution in [3.63, 3.8) is 0 Å². The Morgan fingerprint density at radius 1 is 1.12 bits per heavy atom. The Labute approximate surface area is 201 Å². The lowest BCUT2D eigenvalue weighted by molar-refractivity contribution is 0.0949. The second-order valence-corrected chi connectivity index (χ2v) is 8.97. The first-order chi connectivity index (χ1) is 15.9. The zero-order valence-electron chi connectivity index (χ0n) is 17.8. The fraction of sp³-hybridized carbons (Fsp3) is 0.192. The first kappa shape index (κ1) is 22.0. The Kier molecular flexibility index (Phi) is 5.87. The molecule has 0 spiro atoms. The van der Waals surface area contributed by atoms with Gasteiger partial charge in [0.05, 0.1) is 11.1 Å². The van der Waals surface area contributed by atoms with Crippen LogP contribution in [0.5, 0.6) is 11.5 Å². The summed E-state index contributed by atoms with van der Waals surface area (Å²) in [7, 11) is 0. The third-order valence-electron chi connectivity index (χ3n) is 5.89. The largest absolute Gasteiger partial charge is 0.478 e. The molecule has 0 atom stereocenters. The highest BCUT2D eigenvalue weighted by Crippen LogP contribution is 2.44. The number of ketones is 1. The quantitative estimate of drug-likeness (QED) is 0.399. The van der Waals surface area contributed by atoms with E-state index in [1.807, 2.05) is 13.0 Å². The number of allylic oxidation sites excluding steroid dienone is 1. The van der Waals surface area contributed by atoms with Crippen molar-refractivity contribution in [1.82, 2.24) is 4.90 Å². The maximum Gasteiger partial charge on any atom is 0.232 e. The number of ether oxygens (including phenoxy) is 2. The Hall–Kier alpha value is -2.86. The van der Waals surface area contributed by atoms with Crippen LogP contribution in [0.2, 0.25) is 10.0 Å². The summed E-state index contributed by atoms with van der Waals surface area (Å²) in [6.45, 7) is 3.60. The first-order valence-corrected chi connectivity index (χ1v) is 11.3. The fourth-order valence-electron chi connectivity index (χ4n) is 4.14. The monoisotopic (exact) mass is 483 g/mol. The number of fused-ring (bicyclic) bond motifs is 3. The van der Waals surface area contributed by atoms with Crippen LogP contribution in [0.3, 0.4) is 0 Å². The molecule has 0 saturated heterocycles. The molecule has 7 heteroatoms. The average Bonchev–Trinajstić information content (AvgIpc) is 3.13. The van der Waals surface area contributed by atoms with E-state index in [-0.39, 0.29) is 17.4 Å². The summed E-state index contributed by atoms with van der Waals surface area (Å²) in [5, 5.41) is 0.882. The Balaban J connectivity index is 1.42. The van der Waals surface area contributed by atoms with Gasteiger partial charge in [0.15, 0.2) is 5.76 Å². The van der Waals surface area contributed by atoms with Gasteiger partial charge in [0.2, 0.25) is 5.78 Å². The molecule has 4 nitrogen and oxygen atoms in total. The van der Waals surface area contributed by atoms with Gasteiger partial charge in [-0.25, -0.2) is 4.39 Å². The van der Waals surface area contributed by atoms with Gasteiger partial charge in [0.25, 0.3) is 0 Å². The van der Waals surface area contributed by atoms with Gasteiger partial charge in [-0.1, -0.05) is 41.4 Å².